The van der Waals surface area contributed by atoms with E-state index in [0.717, 1.165) is 19.4 Å². The Morgan fingerprint density at radius 2 is 1.94 bits per heavy atom. The number of nitrogens with zero attached hydrogens (tertiary/aromatic N) is 2. The first-order valence-electron chi connectivity index (χ1n) is 6.95. The molecule has 3 nitrogen and oxygen atoms in total. The van der Waals surface area contributed by atoms with E-state index in [-0.39, 0.29) is 0 Å². The van der Waals surface area contributed by atoms with Crippen molar-refractivity contribution in [3.05, 3.63) is 17.0 Å². The summed E-state index contributed by atoms with van der Waals surface area (Å²) in [6.45, 7) is 10.5. The van der Waals surface area contributed by atoms with E-state index >= 15 is 0 Å². The molecule has 0 aliphatic heterocycles. The van der Waals surface area contributed by atoms with E-state index in [9.17, 15) is 0 Å². The SMILES string of the molecule is CCCC(C)Cn1nc(CC)c(CN)c1CC. The molecule has 1 unspecified atom stereocenters. The molecule has 0 fully saturated rings. The molecule has 0 saturated carbocycles. The third kappa shape index (κ3) is 3.32. The van der Waals surface area contributed by atoms with Gasteiger partial charge in [0.05, 0.1) is 5.69 Å². The van der Waals surface area contributed by atoms with Crippen molar-refractivity contribution in [3.8, 4) is 0 Å². The molecule has 0 amide bonds. The van der Waals surface area contributed by atoms with Gasteiger partial charge in [0, 0.05) is 24.3 Å². The quantitative estimate of drug-likeness (QED) is 0.792. The van der Waals surface area contributed by atoms with E-state index in [1.165, 1.54) is 29.8 Å². The monoisotopic (exact) mass is 237 g/mol. The summed E-state index contributed by atoms with van der Waals surface area (Å²) in [6, 6.07) is 0. The van der Waals surface area contributed by atoms with Crippen LogP contribution >= 0.6 is 0 Å². The fraction of sp³-hybridized carbons (Fsp3) is 0.786. The normalized spacial score (nSPS) is 13.0. The Bertz CT molecular complexity index is 341. The number of rotatable bonds is 7. The lowest BCUT2D eigenvalue weighted by Gasteiger charge is -2.13. The first-order chi connectivity index (χ1) is 8.17. The van der Waals surface area contributed by atoms with Crippen LogP contribution in [0.1, 0.15) is 57.5 Å². The van der Waals surface area contributed by atoms with E-state index in [0.29, 0.717) is 12.5 Å². The highest BCUT2D eigenvalue weighted by Crippen LogP contribution is 2.18. The van der Waals surface area contributed by atoms with Gasteiger partial charge in [-0.05, 0) is 25.2 Å². The van der Waals surface area contributed by atoms with Gasteiger partial charge in [0.1, 0.15) is 0 Å². The Labute approximate surface area is 105 Å². The largest absolute Gasteiger partial charge is 0.326 e. The highest BCUT2D eigenvalue weighted by atomic mass is 15.3. The van der Waals surface area contributed by atoms with Crippen molar-refractivity contribution in [2.75, 3.05) is 0 Å². The molecular weight excluding hydrogens is 210 g/mol. The first-order valence-corrected chi connectivity index (χ1v) is 6.95. The Kier molecular flexibility index (Phi) is 5.69. The molecule has 1 heterocycles. The standard InChI is InChI=1S/C14H27N3/c1-5-8-11(4)10-17-14(7-3)12(9-15)13(6-2)16-17/h11H,5-10,15H2,1-4H3. The second-order valence-corrected chi connectivity index (χ2v) is 4.86. The van der Waals surface area contributed by atoms with Crippen molar-refractivity contribution in [3.63, 3.8) is 0 Å². The summed E-state index contributed by atoms with van der Waals surface area (Å²) in [7, 11) is 0. The molecule has 0 aliphatic carbocycles. The van der Waals surface area contributed by atoms with Crippen LogP contribution in [0.5, 0.6) is 0 Å². The Morgan fingerprint density at radius 3 is 2.41 bits per heavy atom. The lowest BCUT2D eigenvalue weighted by molar-refractivity contribution is 0.410. The van der Waals surface area contributed by atoms with Crippen molar-refractivity contribution in [1.29, 1.82) is 0 Å². The molecule has 0 radical (unpaired) electrons. The maximum atomic E-state index is 5.85. The van der Waals surface area contributed by atoms with Gasteiger partial charge >= 0.3 is 0 Å². The van der Waals surface area contributed by atoms with Crippen LogP contribution in [-0.4, -0.2) is 9.78 Å². The summed E-state index contributed by atoms with van der Waals surface area (Å²) in [5.41, 5.74) is 9.66. The van der Waals surface area contributed by atoms with Gasteiger partial charge in [-0.25, -0.2) is 0 Å². The molecule has 0 saturated heterocycles. The fourth-order valence-corrected chi connectivity index (χ4v) is 2.53. The number of aromatic nitrogens is 2. The van der Waals surface area contributed by atoms with Gasteiger partial charge in [-0.1, -0.05) is 34.1 Å². The van der Waals surface area contributed by atoms with E-state index in [1.807, 2.05) is 0 Å². The highest BCUT2D eigenvalue weighted by molar-refractivity contribution is 5.26. The van der Waals surface area contributed by atoms with Crippen molar-refractivity contribution in [2.45, 2.75) is 66.5 Å². The average Bonchev–Trinajstić information content (AvgIpc) is 2.65. The molecule has 3 heteroatoms. The maximum absolute atomic E-state index is 5.85. The van der Waals surface area contributed by atoms with Gasteiger partial charge in [-0.15, -0.1) is 0 Å². The molecule has 17 heavy (non-hydrogen) atoms. The number of hydrogen-bond acceptors (Lipinski definition) is 2. The molecule has 98 valence electrons. The van der Waals surface area contributed by atoms with Crippen LogP contribution in [0.2, 0.25) is 0 Å². The predicted molar refractivity (Wildman–Crippen MR) is 72.9 cm³/mol. The number of nitrogens with two attached hydrogens (primary N) is 1. The summed E-state index contributed by atoms with van der Waals surface area (Å²) in [4.78, 5) is 0. The molecule has 1 atom stereocenters. The van der Waals surface area contributed by atoms with E-state index in [2.05, 4.69) is 32.4 Å². The zero-order chi connectivity index (χ0) is 12.8. The second kappa shape index (κ2) is 6.80. The smallest absolute Gasteiger partial charge is 0.0669 e. The number of aryl methyl sites for hydroxylation is 1. The molecule has 1 aromatic heterocycles. The van der Waals surface area contributed by atoms with Gasteiger partial charge in [0.15, 0.2) is 0 Å². The highest BCUT2D eigenvalue weighted by Gasteiger charge is 2.15. The molecule has 1 aromatic rings. The van der Waals surface area contributed by atoms with Gasteiger partial charge in [-0.3, -0.25) is 4.68 Å². The van der Waals surface area contributed by atoms with Crippen LogP contribution in [0.25, 0.3) is 0 Å². The third-order valence-corrected chi connectivity index (χ3v) is 3.39. The van der Waals surface area contributed by atoms with Gasteiger partial charge in [0.2, 0.25) is 0 Å². The second-order valence-electron chi connectivity index (χ2n) is 4.86. The molecule has 0 bridgehead atoms. The molecule has 1 rings (SSSR count). The van der Waals surface area contributed by atoms with Crippen molar-refractivity contribution >= 4 is 0 Å². The van der Waals surface area contributed by atoms with Gasteiger partial charge in [0.25, 0.3) is 0 Å². The van der Waals surface area contributed by atoms with Crippen LogP contribution in [0.15, 0.2) is 0 Å². The van der Waals surface area contributed by atoms with E-state index in [1.54, 1.807) is 0 Å². The third-order valence-electron chi connectivity index (χ3n) is 3.39. The lowest BCUT2D eigenvalue weighted by atomic mass is 10.1. The zero-order valence-corrected chi connectivity index (χ0v) is 11.8. The van der Waals surface area contributed by atoms with E-state index < -0.39 is 0 Å². The fourth-order valence-electron chi connectivity index (χ4n) is 2.53. The minimum Gasteiger partial charge on any atom is -0.326 e. The summed E-state index contributed by atoms with van der Waals surface area (Å²) in [6.07, 6.45) is 4.52. The van der Waals surface area contributed by atoms with Gasteiger partial charge in [-0.2, -0.15) is 5.10 Å². The van der Waals surface area contributed by atoms with Crippen LogP contribution in [-0.2, 0) is 25.9 Å². The Hall–Kier alpha value is -0.830. The Balaban J connectivity index is 2.94. The van der Waals surface area contributed by atoms with Gasteiger partial charge < -0.3 is 5.73 Å². The van der Waals surface area contributed by atoms with E-state index in [4.69, 9.17) is 10.8 Å². The van der Waals surface area contributed by atoms with Crippen LogP contribution in [0, 0.1) is 5.92 Å². The first kappa shape index (κ1) is 14.2. The maximum Gasteiger partial charge on any atom is 0.0669 e. The average molecular weight is 237 g/mol. The summed E-state index contributed by atoms with van der Waals surface area (Å²) in [5.74, 6) is 0.695. The van der Waals surface area contributed by atoms with Crippen LogP contribution in [0.4, 0.5) is 0 Å². The minimum atomic E-state index is 0.620. The molecule has 0 spiro atoms. The predicted octanol–water partition coefficient (Wildman–Crippen LogP) is 2.90. The zero-order valence-electron chi connectivity index (χ0n) is 11.8. The summed E-state index contributed by atoms with van der Waals surface area (Å²) in [5, 5.41) is 4.73. The van der Waals surface area contributed by atoms with Crippen molar-refractivity contribution in [1.82, 2.24) is 9.78 Å². The topological polar surface area (TPSA) is 43.8 Å². The Morgan fingerprint density at radius 1 is 1.24 bits per heavy atom. The molecule has 2 N–H and O–H groups in total. The molecule has 0 aromatic carbocycles. The van der Waals surface area contributed by atoms with Crippen molar-refractivity contribution < 1.29 is 0 Å². The number of hydrogen-bond donors (Lipinski definition) is 1. The van der Waals surface area contributed by atoms with Crippen LogP contribution < -0.4 is 5.73 Å². The minimum absolute atomic E-state index is 0.620. The molecule has 0 aliphatic rings. The summed E-state index contributed by atoms with van der Waals surface area (Å²) < 4.78 is 2.20. The molecular formula is C14H27N3. The lowest BCUT2D eigenvalue weighted by Crippen LogP contribution is -2.12. The van der Waals surface area contributed by atoms with Crippen LogP contribution in [0.3, 0.4) is 0 Å². The summed E-state index contributed by atoms with van der Waals surface area (Å²) >= 11 is 0. The van der Waals surface area contributed by atoms with Crippen molar-refractivity contribution in [2.24, 2.45) is 11.7 Å².